The first-order valence-corrected chi connectivity index (χ1v) is 13.8. The lowest BCUT2D eigenvalue weighted by atomic mass is 9.94. The third-order valence-corrected chi connectivity index (χ3v) is 7.59. The lowest BCUT2D eigenvalue weighted by Crippen LogP contribution is -2.30. The van der Waals surface area contributed by atoms with Crippen LogP contribution in [0, 0.1) is 11.7 Å². The number of phenolic OH excluding ortho intramolecular Hbond substituents is 1. The smallest absolute Gasteiger partial charge is 0.224 e. The van der Waals surface area contributed by atoms with Crippen LogP contribution in [0.4, 0.5) is 10.1 Å². The molecule has 2 aromatic carbocycles. The van der Waals surface area contributed by atoms with E-state index in [1.165, 1.54) is 12.1 Å². The number of carbonyl (C=O) groups excluding carboxylic acids is 1. The van der Waals surface area contributed by atoms with E-state index in [2.05, 4.69) is 30.8 Å². The summed E-state index contributed by atoms with van der Waals surface area (Å²) in [6.07, 6.45) is 5.84. The zero-order valence-corrected chi connectivity index (χ0v) is 22.5. The topological polar surface area (TPSA) is 144 Å². The number of halogens is 1. The Balaban J connectivity index is 1.20. The molecular formula is C31H27FN8O2. The number of hydrogen-bond donors (Lipinski definition) is 5. The molecule has 5 heterocycles. The highest BCUT2D eigenvalue weighted by Crippen LogP contribution is 2.33. The fraction of sp³-hybridized carbons (Fsp3) is 0.194. The zero-order chi connectivity index (χ0) is 28.6. The fourth-order valence-corrected chi connectivity index (χ4v) is 5.54. The molecule has 7 rings (SSSR count). The maximum absolute atomic E-state index is 14.0. The minimum Gasteiger partial charge on any atom is -0.508 e. The molecule has 1 aliphatic rings. The quantitative estimate of drug-likeness (QED) is 0.183. The number of aromatic nitrogens is 6. The lowest BCUT2D eigenvalue weighted by Gasteiger charge is -2.21. The first-order chi connectivity index (χ1) is 20.5. The summed E-state index contributed by atoms with van der Waals surface area (Å²) in [5, 5.41) is 23.7. The van der Waals surface area contributed by atoms with Gasteiger partial charge in [-0.05, 0) is 73.8 Å². The van der Waals surface area contributed by atoms with E-state index in [9.17, 15) is 14.3 Å². The number of pyridine rings is 2. The Morgan fingerprint density at radius 2 is 1.86 bits per heavy atom. The highest BCUT2D eigenvalue weighted by molar-refractivity contribution is 5.96. The zero-order valence-electron chi connectivity index (χ0n) is 22.5. The van der Waals surface area contributed by atoms with Crippen molar-refractivity contribution < 1.29 is 14.3 Å². The van der Waals surface area contributed by atoms with Gasteiger partial charge in [-0.1, -0.05) is 12.1 Å². The summed E-state index contributed by atoms with van der Waals surface area (Å²) in [6, 6.07) is 15.1. The Hall–Kier alpha value is -5.16. The summed E-state index contributed by atoms with van der Waals surface area (Å²) >= 11 is 0. The van der Waals surface area contributed by atoms with Gasteiger partial charge in [0.05, 0.1) is 34.1 Å². The van der Waals surface area contributed by atoms with Crippen LogP contribution < -0.4 is 10.6 Å². The van der Waals surface area contributed by atoms with E-state index >= 15 is 0 Å². The van der Waals surface area contributed by atoms with Gasteiger partial charge in [0.1, 0.15) is 17.1 Å². The van der Waals surface area contributed by atoms with E-state index in [1.54, 1.807) is 12.4 Å². The summed E-state index contributed by atoms with van der Waals surface area (Å²) in [5.41, 5.74) is 6.42. The fourth-order valence-electron chi connectivity index (χ4n) is 5.54. The Bertz CT molecular complexity index is 1920. The largest absolute Gasteiger partial charge is 0.508 e. The number of hydrogen-bond acceptors (Lipinski definition) is 7. The summed E-state index contributed by atoms with van der Waals surface area (Å²) in [6.45, 7) is 1.90. The van der Waals surface area contributed by atoms with E-state index in [1.807, 2.05) is 36.4 Å². The first-order valence-electron chi connectivity index (χ1n) is 13.8. The molecule has 6 aromatic rings. The maximum Gasteiger partial charge on any atom is 0.224 e. The van der Waals surface area contributed by atoms with Crippen molar-refractivity contribution in [2.24, 2.45) is 5.92 Å². The minimum atomic E-state index is -0.535. The molecule has 0 atom stereocenters. The normalized spacial score (nSPS) is 14.0. The number of fused-ring (bicyclic) bond motifs is 2. The predicted octanol–water partition coefficient (Wildman–Crippen LogP) is 5.40. The molecule has 11 heteroatoms. The number of anilines is 1. The first kappa shape index (κ1) is 25.8. The third-order valence-electron chi connectivity index (χ3n) is 7.59. The second-order valence-corrected chi connectivity index (χ2v) is 10.6. The third kappa shape index (κ3) is 5.06. The number of imidazole rings is 1. The van der Waals surface area contributed by atoms with Crippen LogP contribution >= 0.6 is 0 Å². The van der Waals surface area contributed by atoms with Crippen molar-refractivity contribution in [3.05, 3.63) is 72.8 Å². The maximum atomic E-state index is 14.0. The van der Waals surface area contributed by atoms with Crippen LogP contribution in [0.25, 0.3) is 56.0 Å². The molecule has 1 amide bonds. The number of para-hydroxylation sites is 1. The van der Waals surface area contributed by atoms with Gasteiger partial charge in [-0.2, -0.15) is 5.10 Å². The molecule has 4 aromatic heterocycles. The molecule has 0 bridgehead atoms. The molecule has 0 aliphatic carbocycles. The number of carbonyl (C=O) groups is 1. The van der Waals surface area contributed by atoms with Crippen molar-refractivity contribution in [1.82, 2.24) is 35.5 Å². The number of rotatable bonds is 6. The molecule has 42 heavy (non-hydrogen) atoms. The SMILES string of the molecule is O=C(CC1CCNCC1)Nc1cncc(-c2ccc3[nH]nc(-c4nc5c(-c6cc(O)cc(F)c6)cccc5[nH]4)c3n2)c1. The number of benzene rings is 2. The summed E-state index contributed by atoms with van der Waals surface area (Å²) in [7, 11) is 0. The highest BCUT2D eigenvalue weighted by atomic mass is 19.1. The van der Waals surface area contributed by atoms with Crippen LogP contribution in [0.3, 0.4) is 0 Å². The standard InChI is InChI=1S/C31H27FN8O2/c32-20-11-18(13-22(41)14-20)23-2-1-3-25-28(23)38-31(37-25)30-29-26(39-40-30)5-4-24(36-29)19-12-21(16-34-15-19)35-27(42)10-17-6-8-33-9-7-17/h1-5,11-17,33,41H,6-10H2,(H,35,42)(H,37,38)(H,39,40). The Morgan fingerprint density at radius 1 is 0.976 bits per heavy atom. The van der Waals surface area contributed by atoms with E-state index in [0.29, 0.717) is 57.4 Å². The predicted molar refractivity (Wildman–Crippen MR) is 158 cm³/mol. The second kappa shape index (κ2) is 10.7. The number of nitrogens with zero attached hydrogens (tertiary/aromatic N) is 4. The van der Waals surface area contributed by atoms with Gasteiger partial charge in [0, 0.05) is 29.8 Å². The van der Waals surface area contributed by atoms with E-state index in [0.717, 1.165) is 48.6 Å². The Labute approximate surface area is 239 Å². The van der Waals surface area contributed by atoms with Gasteiger partial charge in [-0.3, -0.25) is 14.9 Å². The van der Waals surface area contributed by atoms with Gasteiger partial charge in [0.15, 0.2) is 11.5 Å². The second-order valence-electron chi connectivity index (χ2n) is 10.6. The molecule has 0 spiro atoms. The molecule has 1 saturated heterocycles. The molecule has 0 saturated carbocycles. The highest BCUT2D eigenvalue weighted by Gasteiger charge is 2.19. The van der Waals surface area contributed by atoms with Crippen molar-refractivity contribution in [3.63, 3.8) is 0 Å². The van der Waals surface area contributed by atoms with Crippen molar-refractivity contribution in [2.75, 3.05) is 18.4 Å². The average Bonchev–Trinajstić information content (AvgIpc) is 3.61. The lowest BCUT2D eigenvalue weighted by molar-refractivity contribution is -0.117. The number of H-pyrrole nitrogens is 2. The van der Waals surface area contributed by atoms with E-state index in [-0.39, 0.29) is 11.7 Å². The number of phenols is 1. The molecule has 1 fully saturated rings. The van der Waals surface area contributed by atoms with Crippen LogP contribution in [0.5, 0.6) is 5.75 Å². The molecular weight excluding hydrogens is 535 g/mol. The molecule has 0 radical (unpaired) electrons. The number of amides is 1. The summed E-state index contributed by atoms with van der Waals surface area (Å²) in [4.78, 5) is 30.0. The average molecular weight is 563 g/mol. The van der Waals surface area contributed by atoms with Crippen LogP contribution in [-0.2, 0) is 4.79 Å². The summed E-state index contributed by atoms with van der Waals surface area (Å²) < 4.78 is 14.0. The summed E-state index contributed by atoms with van der Waals surface area (Å²) in [5.74, 6) is 0.173. The van der Waals surface area contributed by atoms with Gasteiger partial charge in [0.25, 0.3) is 0 Å². The molecule has 210 valence electrons. The van der Waals surface area contributed by atoms with Crippen molar-refractivity contribution in [1.29, 1.82) is 0 Å². The number of piperidine rings is 1. The van der Waals surface area contributed by atoms with Crippen molar-refractivity contribution in [3.8, 4) is 39.7 Å². The van der Waals surface area contributed by atoms with Crippen molar-refractivity contribution in [2.45, 2.75) is 19.3 Å². The van der Waals surface area contributed by atoms with Crippen LogP contribution in [0.15, 0.2) is 67.0 Å². The Morgan fingerprint density at radius 3 is 2.71 bits per heavy atom. The van der Waals surface area contributed by atoms with Crippen LogP contribution in [-0.4, -0.2) is 54.2 Å². The van der Waals surface area contributed by atoms with Crippen LogP contribution in [0.1, 0.15) is 19.3 Å². The minimum absolute atomic E-state index is 0.0147. The van der Waals surface area contributed by atoms with E-state index < -0.39 is 5.82 Å². The monoisotopic (exact) mass is 562 g/mol. The van der Waals surface area contributed by atoms with E-state index in [4.69, 9.17) is 9.97 Å². The Kier molecular flexibility index (Phi) is 6.55. The van der Waals surface area contributed by atoms with Crippen LogP contribution in [0.2, 0.25) is 0 Å². The van der Waals surface area contributed by atoms with Crippen molar-refractivity contribution >= 4 is 33.7 Å². The number of aromatic hydroxyl groups is 1. The van der Waals surface area contributed by atoms with Gasteiger partial charge >= 0.3 is 0 Å². The number of nitrogens with one attached hydrogen (secondary N) is 4. The number of aromatic amines is 2. The molecule has 1 aliphatic heterocycles. The molecule has 0 unspecified atom stereocenters. The van der Waals surface area contributed by atoms with Gasteiger partial charge in [0.2, 0.25) is 5.91 Å². The van der Waals surface area contributed by atoms with Gasteiger partial charge in [-0.25, -0.2) is 14.4 Å². The molecule has 10 nitrogen and oxygen atoms in total. The van der Waals surface area contributed by atoms with Gasteiger partial charge < -0.3 is 20.7 Å². The van der Waals surface area contributed by atoms with Gasteiger partial charge in [-0.15, -0.1) is 0 Å². The molecule has 5 N–H and O–H groups in total.